The van der Waals surface area contributed by atoms with Gasteiger partial charge in [-0.2, -0.15) is 0 Å². The zero-order chi connectivity index (χ0) is 16.7. The van der Waals surface area contributed by atoms with Gasteiger partial charge >= 0.3 is 0 Å². The van der Waals surface area contributed by atoms with Gasteiger partial charge in [0.25, 0.3) is 0 Å². The molecule has 6 heteroatoms. The van der Waals surface area contributed by atoms with E-state index >= 15 is 0 Å². The average Bonchev–Trinajstić information content (AvgIpc) is 3.37. The first kappa shape index (κ1) is 16.9. The molecule has 0 saturated heterocycles. The molecule has 0 spiro atoms. The van der Waals surface area contributed by atoms with Crippen molar-refractivity contribution in [1.82, 2.24) is 10.6 Å². The Kier molecular flexibility index (Phi) is 6.02. The molecule has 6 nitrogen and oxygen atoms in total. The van der Waals surface area contributed by atoms with Gasteiger partial charge in [0.15, 0.2) is 0 Å². The van der Waals surface area contributed by atoms with Gasteiger partial charge in [-0.05, 0) is 30.7 Å². The Morgan fingerprint density at radius 3 is 2.39 bits per heavy atom. The van der Waals surface area contributed by atoms with Crippen LogP contribution < -0.4 is 20.1 Å². The number of nitrogens with one attached hydrogen (secondary N) is 2. The monoisotopic (exact) mass is 318 g/mol. The van der Waals surface area contributed by atoms with E-state index in [4.69, 9.17) is 9.47 Å². The van der Waals surface area contributed by atoms with E-state index in [0.717, 1.165) is 5.75 Å². The smallest absolute Gasteiger partial charge is 0.224 e. The summed E-state index contributed by atoms with van der Waals surface area (Å²) in [6.07, 6.45) is 2.22. The molecule has 1 aliphatic rings. The molecule has 124 valence electrons. The minimum absolute atomic E-state index is 0.0838. The number of carbonyl (C=O) groups excluding carboxylic acids is 2. The lowest BCUT2D eigenvalue weighted by Gasteiger charge is -2.08. The summed E-state index contributed by atoms with van der Waals surface area (Å²) in [6, 6.07) is 7.23. The first-order valence-corrected chi connectivity index (χ1v) is 7.59. The van der Waals surface area contributed by atoms with Crippen LogP contribution in [0.25, 0.3) is 0 Å². The van der Waals surface area contributed by atoms with Crippen molar-refractivity contribution in [2.75, 3.05) is 26.8 Å². The Bertz CT molecular complexity index is 556. The highest BCUT2D eigenvalue weighted by molar-refractivity contribution is 5.92. The van der Waals surface area contributed by atoms with Crippen LogP contribution in [-0.4, -0.2) is 38.6 Å². The zero-order valence-corrected chi connectivity index (χ0v) is 13.2. The van der Waals surface area contributed by atoms with Gasteiger partial charge in [-0.3, -0.25) is 9.59 Å². The Morgan fingerprint density at radius 1 is 1.17 bits per heavy atom. The molecule has 2 atom stereocenters. The highest BCUT2D eigenvalue weighted by Crippen LogP contribution is 2.38. The lowest BCUT2D eigenvalue weighted by molar-refractivity contribution is -0.127. The van der Waals surface area contributed by atoms with E-state index in [1.165, 1.54) is 0 Å². The fourth-order valence-corrected chi connectivity index (χ4v) is 2.22. The fourth-order valence-electron chi connectivity index (χ4n) is 2.22. The Morgan fingerprint density at radius 2 is 1.78 bits per heavy atom. The molecule has 0 heterocycles. The molecule has 1 aromatic rings. The van der Waals surface area contributed by atoms with Crippen LogP contribution in [0.4, 0.5) is 0 Å². The number of ether oxygens (including phenoxy) is 2. The van der Waals surface area contributed by atoms with E-state index in [1.54, 1.807) is 13.2 Å². The summed E-state index contributed by atoms with van der Waals surface area (Å²) < 4.78 is 10.6. The van der Waals surface area contributed by atoms with Gasteiger partial charge in [0.2, 0.25) is 11.8 Å². The second-order valence-corrected chi connectivity index (χ2v) is 5.30. The van der Waals surface area contributed by atoms with Crippen LogP contribution in [0.2, 0.25) is 0 Å². The number of methoxy groups -OCH3 is 1. The predicted molar refractivity (Wildman–Crippen MR) is 86.3 cm³/mol. The number of amides is 2. The van der Waals surface area contributed by atoms with Crippen LogP contribution in [0.15, 0.2) is 36.9 Å². The van der Waals surface area contributed by atoms with Crippen molar-refractivity contribution >= 4 is 11.8 Å². The molecule has 1 aliphatic carbocycles. The number of carbonyl (C=O) groups is 2. The summed E-state index contributed by atoms with van der Waals surface area (Å²) in [4.78, 5) is 23.6. The van der Waals surface area contributed by atoms with Gasteiger partial charge in [-0.1, -0.05) is 6.08 Å². The topological polar surface area (TPSA) is 76.7 Å². The molecule has 1 aromatic carbocycles. The van der Waals surface area contributed by atoms with E-state index in [9.17, 15) is 9.59 Å². The molecule has 0 aliphatic heterocycles. The maximum Gasteiger partial charge on any atom is 0.224 e. The molecule has 0 radical (unpaired) electrons. The molecule has 23 heavy (non-hydrogen) atoms. The molecule has 0 aromatic heterocycles. The highest BCUT2D eigenvalue weighted by atomic mass is 16.5. The van der Waals surface area contributed by atoms with Crippen molar-refractivity contribution < 1.29 is 19.1 Å². The molecular weight excluding hydrogens is 296 g/mol. The number of benzene rings is 1. The largest absolute Gasteiger partial charge is 0.497 e. The first-order chi connectivity index (χ1) is 11.2. The maximum absolute atomic E-state index is 11.9. The van der Waals surface area contributed by atoms with Crippen LogP contribution >= 0.6 is 0 Å². The number of hydrogen-bond donors (Lipinski definition) is 2. The number of hydrogen-bond acceptors (Lipinski definition) is 4. The molecule has 2 unspecified atom stereocenters. The summed E-state index contributed by atoms with van der Waals surface area (Å²) in [5.74, 6) is 0.869. The van der Waals surface area contributed by atoms with E-state index in [1.807, 2.05) is 24.3 Å². The SMILES string of the molecule is C=CCNC(=O)C1CC1C(=O)NCCOc1ccc(OC)cc1. The first-order valence-electron chi connectivity index (χ1n) is 7.59. The minimum Gasteiger partial charge on any atom is -0.497 e. The Balaban J connectivity index is 1.62. The van der Waals surface area contributed by atoms with Crippen LogP contribution in [0, 0.1) is 11.8 Å². The quantitative estimate of drug-likeness (QED) is 0.528. The van der Waals surface area contributed by atoms with Crippen LogP contribution in [0.3, 0.4) is 0 Å². The van der Waals surface area contributed by atoms with Crippen LogP contribution in [-0.2, 0) is 9.59 Å². The van der Waals surface area contributed by atoms with E-state index in [2.05, 4.69) is 17.2 Å². The van der Waals surface area contributed by atoms with Crippen LogP contribution in [0.5, 0.6) is 11.5 Å². The molecule has 2 amide bonds. The minimum atomic E-state index is -0.221. The third-order valence-corrected chi connectivity index (χ3v) is 3.61. The molecule has 1 saturated carbocycles. The lowest BCUT2D eigenvalue weighted by Crippen LogP contribution is -2.32. The summed E-state index contributed by atoms with van der Waals surface area (Å²) in [7, 11) is 1.61. The van der Waals surface area contributed by atoms with E-state index < -0.39 is 0 Å². The normalized spacial score (nSPS) is 18.7. The van der Waals surface area contributed by atoms with Crippen molar-refractivity contribution in [3.63, 3.8) is 0 Å². The molecule has 2 rings (SSSR count). The van der Waals surface area contributed by atoms with E-state index in [0.29, 0.717) is 31.9 Å². The standard InChI is InChI=1S/C17H22N2O4/c1-3-8-18-16(20)14-11-15(14)17(21)19-9-10-23-13-6-4-12(22-2)5-7-13/h3-7,14-15H,1,8-11H2,2H3,(H,18,20)(H,19,21). The van der Waals surface area contributed by atoms with Crippen molar-refractivity contribution in [1.29, 1.82) is 0 Å². The summed E-state index contributed by atoms with van der Waals surface area (Å²) in [5.41, 5.74) is 0. The fraction of sp³-hybridized carbons (Fsp3) is 0.412. The van der Waals surface area contributed by atoms with Crippen molar-refractivity contribution in [2.24, 2.45) is 11.8 Å². The van der Waals surface area contributed by atoms with Gasteiger partial charge < -0.3 is 20.1 Å². The van der Waals surface area contributed by atoms with Crippen molar-refractivity contribution in [2.45, 2.75) is 6.42 Å². The summed E-state index contributed by atoms with van der Waals surface area (Å²) in [5, 5.41) is 5.49. The van der Waals surface area contributed by atoms with Gasteiger partial charge in [-0.25, -0.2) is 0 Å². The highest BCUT2D eigenvalue weighted by Gasteiger charge is 2.47. The Hall–Kier alpha value is -2.50. The van der Waals surface area contributed by atoms with Gasteiger partial charge in [0.05, 0.1) is 25.5 Å². The third kappa shape index (κ3) is 5.02. The van der Waals surface area contributed by atoms with E-state index in [-0.39, 0.29) is 23.7 Å². The van der Waals surface area contributed by atoms with Crippen molar-refractivity contribution in [3.8, 4) is 11.5 Å². The molecule has 0 bridgehead atoms. The Labute approximate surface area is 135 Å². The average molecular weight is 318 g/mol. The third-order valence-electron chi connectivity index (χ3n) is 3.61. The summed E-state index contributed by atoms with van der Waals surface area (Å²) >= 11 is 0. The summed E-state index contributed by atoms with van der Waals surface area (Å²) in [6.45, 7) is 4.74. The number of rotatable bonds is 9. The molecular formula is C17H22N2O4. The molecule has 1 fully saturated rings. The lowest BCUT2D eigenvalue weighted by atomic mass is 10.3. The molecule has 2 N–H and O–H groups in total. The van der Waals surface area contributed by atoms with Gasteiger partial charge in [0.1, 0.15) is 18.1 Å². The zero-order valence-electron chi connectivity index (χ0n) is 13.2. The van der Waals surface area contributed by atoms with Crippen LogP contribution in [0.1, 0.15) is 6.42 Å². The maximum atomic E-state index is 11.9. The van der Waals surface area contributed by atoms with Gasteiger partial charge in [-0.15, -0.1) is 6.58 Å². The predicted octanol–water partition coefficient (Wildman–Crippen LogP) is 1.13. The van der Waals surface area contributed by atoms with Crippen molar-refractivity contribution in [3.05, 3.63) is 36.9 Å². The second kappa shape index (κ2) is 8.22. The van der Waals surface area contributed by atoms with Gasteiger partial charge in [0, 0.05) is 6.54 Å². The second-order valence-electron chi connectivity index (χ2n) is 5.30.